The normalized spacial score (nSPS) is 11.2. The van der Waals surface area contributed by atoms with Crippen molar-refractivity contribution in [2.24, 2.45) is 0 Å². The third-order valence-corrected chi connectivity index (χ3v) is 6.27. The highest BCUT2D eigenvalue weighted by atomic mass is 32.2. The monoisotopic (exact) mass is 419 g/mol. The van der Waals surface area contributed by atoms with E-state index in [0.717, 1.165) is 11.3 Å². The van der Waals surface area contributed by atoms with Gasteiger partial charge in [0.2, 0.25) is 5.91 Å². The van der Waals surface area contributed by atoms with Crippen molar-refractivity contribution >= 4 is 32.4 Å². The van der Waals surface area contributed by atoms with E-state index in [9.17, 15) is 13.2 Å². The molecule has 3 rings (SSSR count). The lowest BCUT2D eigenvalue weighted by Crippen LogP contribution is -2.23. The number of hydrogen-bond donors (Lipinski definition) is 2. The molecule has 0 saturated carbocycles. The van der Waals surface area contributed by atoms with Crippen molar-refractivity contribution < 1.29 is 17.9 Å². The molecule has 0 atom stereocenters. The Hall–Kier alpha value is -2.89. The van der Waals surface area contributed by atoms with Crippen molar-refractivity contribution in [1.29, 1.82) is 0 Å². The maximum absolute atomic E-state index is 12.5. The van der Waals surface area contributed by atoms with Crippen molar-refractivity contribution in [3.05, 3.63) is 48.4 Å². The Morgan fingerprint density at radius 1 is 1.21 bits per heavy atom. The van der Waals surface area contributed by atoms with Crippen molar-refractivity contribution in [1.82, 2.24) is 19.7 Å². The summed E-state index contributed by atoms with van der Waals surface area (Å²) in [7, 11) is -2.29. The van der Waals surface area contributed by atoms with Crippen molar-refractivity contribution in [3.63, 3.8) is 0 Å². The number of aromatic nitrogens is 3. The van der Waals surface area contributed by atoms with Gasteiger partial charge in [0.15, 0.2) is 9.34 Å². The number of nitrogens with one attached hydrogen (secondary N) is 2. The molecule has 0 unspecified atom stereocenters. The number of ether oxygens (including phenoxy) is 1. The van der Waals surface area contributed by atoms with Gasteiger partial charge in [0.25, 0.3) is 10.0 Å². The van der Waals surface area contributed by atoms with Crippen LogP contribution in [0.5, 0.6) is 5.75 Å². The zero-order valence-electron chi connectivity index (χ0n) is 15.0. The van der Waals surface area contributed by atoms with Crippen LogP contribution in [0.2, 0.25) is 0 Å². The van der Waals surface area contributed by atoms with E-state index in [-0.39, 0.29) is 21.8 Å². The number of carbonyl (C=O) groups is 1. The summed E-state index contributed by atoms with van der Waals surface area (Å²) in [5, 5.41) is 2.66. The van der Waals surface area contributed by atoms with Crippen molar-refractivity contribution in [3.8, 4) is 17.1 Å². The third-order valence-electron chi connectivity index (χ3n) is 3.49. The van der Waals surface area contributed by atoms with E-state index in [4.69, 9.17) is 4.74 Å². The second-order valence-corrected chi connectivity index (χ2v) is 8.61. The average molecular weight is 419 g/mol. The maximum atomic E-state index is 12.5. The summed E-state index contributed by atoms with van der Waals surface area (Å²) < 4.78 is 32.7. The fourth-order valence-corrected chi connectivity index (χ4v) is 4.37. The van der Waals surface area contributed by atoms with Crippen molar-refractivity contribution in [2.45, 2.75) is 17.7 Å². The van der Waals surface area contributed by atoms with Gasteiger partial charge in [0.1, 0.15) is 5.75 Å². The highest BCUT2D eigenvalue weighted by Gasteiger charge is 2.19. The minimum atomic E-state index is -3.81. The molecular weight excluding hydrogens is 402 g/mol. The van der Waals surface area contributed by atoms with Crippen LogP contribution in [-0.4, -0.2) is 36.4 Å². The van der Waals surface area contributed by atoms with E-state index >= 15 is 0 Å². The molecule has 3 aromatic rings. The molecule has 9 nitrogen and oxygen atoms in total. The molecule has 0 aliphatic carbocycles. The predicted molar refractivity (Wildman–Crippen MR) is 104 cm³/mol. The minimum absolute atomic E-state index is 0.0101. The van der Waals surface area contributed by atoms with E-state index < -0.39 is 10.0 Å². The Labute approximate surface area is 165 Å². The van der Waals surface area contributed by atoms with Crippen LogP contribution in [0.3, 0.4) is 0 Å². The fraction of sp³-hybridized carbons (Fsp3) is 0.176. The summed E-state index contributed by atoms with van der Waals surface area (Å²) in [4.78, 5) is 23.6. The van der Waals surface area contributed by atoms with Gasteiger partial charge in [0.05, 0.1) is 36.9 Å². The molecule has 0 aromatic carbocycles. The highest BCUT2D eigenvalue weighted by Crippen LogP contribution is 2.24. The van der Waals surface area contributed by atoms with Gasteiger partial charge in [-0.15, -0.1) is 0 Å². The van der Waals surface area contributed by atoms with Gasteiger partial charge in [0, 0.05) is 25.3 Å². The number of anilines is 1. The number of carbonyl (C=O) groups excluding carboxylic acids is 1. The molecule has 0 radical (unpaired) electrons. The van der Waals surface area contributed by atoms with E-state index in [1.54, 1.807) is 30.5 Å². The quantitative estimate of drug-likeness (QED) is 0.601. The van der Waals surface area contributed by atoms with Crippen LogP contribution in [-0.2, 0) is 21.4 Å². The van der Waals surface area contributed by atoms with Crippen LogP contribution in [0, 0.1) is 0 Å². The summed E-state index contributed by atoms with van der Waals surface area (Å²) in [6, 6.07) is 8.80. The molecule has 3 aromatic heterocycles. The van der Waals surface area contributed by atoms with Crippen LogP contribution < -0.4 is 14.8 Å². The zero-order chi connectivity index (χ0) is 20.1. The van der Waals surface area contributed by atoms with E-state index in [1.165, 1.54) is 20.2 Å². The zero-order valence-corrected chi connectivity index (χ0v) is 16.7. The van der Waals surface area contributed by atoms with Crippen molar-refractivity contribution in [2.75, 3.05) is 12.4 Å². The molecule has 3 heterocycles. The smallest absolute Gasteiger partial charge is 0.252 e. The number of rotatable bonds is 7. The number of nitrogens with zero attached hydrogens (tertiary/aromatic N) is 3. The highest BCUT2D eigenvalue weighted by molar-refractivity contribution is 7.91. The molecule has 0 saturated heterocycles. The molecule has 2 N–H and O–H groups in total. The standard InChI is InChI=1S/C17H17N5O4S2/c1-11(23)21-17-19-10-16(27-17)28(24,25)20-9-12-7-13(26-2)8-15(22-12)14-5-3-4-6-18-14/h3-8,10,20H,9H2,1-2H3,(H,19,21,23). The predicted octanol–water partition coefficient (Wildman–Crippen LogP) is 2.05. The molecule has 146 valence electrons. The van der Waals surface area contributed by atoms with Gasteiger partial charge in [-0.05, 0) is 12.1 Å². The topological polar surface area (TPSA) is 123 Å². The molecule has 11 heteroatoms. The van der Waals surface area contributed by atoms with Gasteiger partial charge in [-0.25, -0.2) is 23.1 Å². The summed E-state index contributed by atoms with van der Waals surface area (Å²) in [5.41, 5.74) is 1.68. The molecule has 0 aliphatic heterocycles. The Bertz CT molecular complexity index is 1080. The Balaban J connectivity index is 1.79. The number of methoxy groups -OCH3 is 1. The number of hydrogen-bond acceptors (Lipinski definition) is 8. The summed E-state index contributed by atoms with van der Waals surface area (Å²) in [6.07, 6.45) is 2.84. The minimum Gasteiger partial charge on any atom is -0.497 e. The number of sulfonamides is 1. The van der Waals surface area contributed by atoms with Gasteiger partial charge in [-0.3, -0.25) is 9.78 Å². The summed E-state index contributed by atoms with van der Waals surface area (Å²) in [6.45, 7) is 1.27. The van der Waals surface area contributed by atoms with E-state index in [2.05, 4.69) is 25.0 Å². The largest absolute Gasteiger partial charge is 0.497 e. The second kappa shape index (κ2) is 8.42. The first kappa shape index (κ1) is 19.9. The van der Waals surface area contributed by atoms with Crippen LogP contribution in [0.4, 0.5) is 5.13 Å². The lowest BCUT2D eigenvalue weighted by molar-refractivity contribution is -0.114. The van der Waals surface area contributed by atoms with Gasteiger partial charge in [-0.2, -0.15) is 0 Å². The first-order valence-electron chi connectivity index (χ1n) is 8.07. The average Bonchev–Trinajstić information content (AvgIpc) is 3.15. The maximum Gasteiger partial charge on any atom is 0.252 e. The number of pyridine rings is 2. The van der Waals surface area contributed by atoms with Gasteiger partial charge in [-0.1, -0.05) is 17.4 Å². The molecule has 0 spiro atoms. The van der Waals surface area contributed by atoms with Crippen LogP contribution in [0.1, 0.15) is 12.6 Å². The SMILES string of the molecule is COc1cc(CNS(=O)(=O)c2cnc(NC(C)=O)s2)nc(-c2ccccn2)c1. The first-order valence-corrected chi connectivity index (χ1v) is 10.4. The van der Waals surface area contributed by atoms with E-state index in [1.807, 2.05) is 6.07 Å². The third kappa shape index (κ3) is 4.88. The fourth-order valence-electron chi connectivity index (χ4n) is 2.25. The molecule has 0 fully saturated rings. The Morgan fingerprint density at radius 2 is 2.04 bits per heavy atom. The van der Waals surface area contributed by atoms with Gasteiger partial charge < -0.3 is 10.1 Å². The number of amides is 1. The summed E-state index contributed by atoms with van der Waals surface area (Å²) >= 11 is 0.862. The van der Waals surface area contributed by atoms with Crippen LogP contribution >= 0.6 is 11.3 Å². The lowest BCUT2D eigenvalue weighted by Gasteiger charge is -2.09. The molecule has 0 bridgehead atoms. The lowest BCUT2D eigenvalue weighted by atomic mass is 10.2. The first-order chi connectivity index (χ1) is 13.4. The van der Waals surface area contributed by atoms with Crippen LogP contribution in [0.15, 0.2) is 46.9 Å². The molecule has 28 heavy (non-hydrogen) atoms. The number of thiazole rings is 1. The van der Waals surface area contributed by atoms with E-state index in [0.29, 0.717) is 22.8 Å². The van der Waals surface area contributed by atoms with Gasteiger partial charge >= 0.3 is 0 Å². The molecule has 0 aliphatic rings. The Morgan fingerprint density at radius 3 is 2.71 bits per heavy atom. The Kier molecular flexibility index (Phi) is 5.97. The second-order valence-electron chi connectivity index (χ2n) is 5.59. The molecular formula is C17H17N5O4S2. The summed E-state index contributed by atoms with van der Waals surface area (Å²) in [5.74, 6) is 0.212. The molecule has 1 amide bonds. The van der Waals surface area contributed by atoms with Crippen LogP contribution in [0.25, 0.3) is 11.4 Å².